The van der Waals surface area contributed by atoms with Gasteiger partial charge in [0, 0.05) is 6.26 Å². The third-order valence-electron chi connectivity index (χ3n) is 2.15. The van der Waals surface area contributed by atoms with Gasteiger partial charge in [-0.1, -0.05) is 17.7 Å². The van der Waals surface area contributed by atoms with E-state index >= 15 is 0 Å². The van der Waals surface area contributed by atoms with Crippen LogP contribution in [0.1, 0.15) is 18.6 Å². The SMILES string of the molecule is C[C@H](O)c1ccc(OCCS(C)(=O)=O)c(Cl)c1. The van der Waals surface area contributed by atoms with Gasteiger partial charge < -0.3 is 9.84 Å². The van der Waals surface area contributed by atoms with Gasteiger partial charge in [-0.25, -0.2) is 8.42 Å². The molecule has 0 saturated heterocycles. The van der Waals surface area contributed by atoms with Crippen LogP contribution in [0.3, 0.4) is 0 Å². The number of ether oxygens (including phenoxy) is 1. The van der Waals surface area contributed by atoms with Gasteiger partial charge in [0.1, 0.15) is 12.4 Å². The second-order valence-electron chi connectivity index (χ2n) is 3.84. The number of hydrogen-bond donors (Lipinski definition) is 1. The molecule has 0 heterocycles. The maximum absolute atomic E-state index is 10.9. The molecule has 1 atom stereocenters. The molecule has 1 rings (SSSR count). The van der Waals surface area contributed by atoms with Gasteiger partial charge in [-0.15, -0.1) is 0 Å². The van der Waals surface area contributed by atoms with Gasteiger partial charge in [0.2, 0.25) is 0 Å². The molecular weight excluding hydrogens is 264 g/mol. The zero-order chi connectivity index (χ0) is 13.1. The van der Waals surface area contributed by atoms with Gasteiger partial charge in [0.25, 0.3) is 0 Å². The summed E-state index contributed by atoms with van der Waals surface area (Å²) in [6.07, 6.45) is 0.548. The van der Waals surface area contributed by atoms with E-state index in [4.69, 9.17) is 16.3 Å². The van der Waals surface area contributed by atoms with Gasteiger partial charge in [-0.3, -0.25) is 0 Å². The maximum Gasteiger partial charge on any atom is 0.150 e. The molecule has 4 nitrogen and oxygen atoms in total. The van der Waals surface area contributed by atoms with Gasteiger partial charge >= 0.3 is 0 Å². The first-order valence-electron chi connectivity index (χ1n) is 5.07. The summed E-state index contributed by atoms with van der Waals surface area (Å²) in [6, 6.07) is 4.90. The Kier molecular flexibility index (Phi) is 4.80. The summed E-state index contributed by atoms with van der Waals surface area (Å²) < 4.78 is 27.1. The van der Waals surface area contributed by atoms with Crippen LogP contribution in [-0.4, -0.2) is 32.1 Å². The molecule has 0 aromatic heterocycles. The third kappa shape index (κ3) is 4.93. The summed E-state index contributed by atoms with van der Waals surface area (Å²) in [4.78, 5) is 0. The third-order valence-corrected chi connectivity index (χ3v) is 3.35. The Hall–Kier alpha value is -0.780. The highest BCUT2D eigenvalue weighted by Gasteiger charge is 2.08. The normalized spacial score (nSPS) is 13.4. The van der Waals surface area contributed by atoms with Crippen LogP contribution in [0.4, 0.5) is 0 Å². The van der Waals surface area contributed by atoms with Crippen molar-refractivity contribution < 1.29 is 18.3 Å². The summed E-state index contributed by atoms with van der Waals surface area (Å²) >= 11 is 5.94. The molecule has 0 aliphatic rings. The molecule has 0 fully saturated rings. The first kappa shape index (κ1) is 14.3. The highest BCUT2D eigenvalue weighted by Crippen LogP contribution is 2.27. The van der Waals surface area contributed by atoms with Gasteiger partial charge in [-0.2, -0.15) is 0 Å². The first-order chi connectivity index (χ1) is 7.79. The van der Waals surface area contributed by atoms with Crippen molar-refractivity contribution in [3.63, 3.8) is 0 Å². The minimum Gasteiger partial charge on any atom is -0.491 e. The smallest absolute Gasteiger partial charge is 0.150 e. The minimum absolute atomic E-state index is 0.0541. The molecule has 0 saturated carbocycles. The number of rotatable bonds is 5. The zero-order valence-corrected chi connectivity index (χ0v) is 11.3. The minimum atomic E-state index is -3.04. The molecule has 0 bridgehead atoms. The fraction of sp³-hybridized carbons (Fsp3) is 0.455. The van der Waals surface area contributed by atoms with E-state index in [1.807, 2.05) is 0 Å². The van der Waals surface area contributed by atoms with Crippen molar-refractivity contribution in [2.24, 2.45) is 0 Å². The van der Waals surface area contributed by atoms with Crippen LogP contribution in [0.5, 0.6) is 5.75 Å². The average Bonchev–Trinajstić information content (AvgIpc) is 2.18. The van der Waals surface area contributed by atoms with Crippen molar-refractivity contribution in [2.75, 3.05) is 18.6 Å². The van der Waals surface area contributed by atoms with E-state index in [9.17, 15) is 13.5 Å². The molecule has 1 aromatic rings. The zero-order valence-electron chi connectivity index (χ0n) is 9.68. The van der Waals surface area contributed by atoms with Crippen molar-refractivity contribution >= 4 is 21.4 Å². The molecule has 0 aliphatic heterocycles. The molecule has 17 heavy (non-hydrogen) atoms. The van der Waals surface area contributed by atoms with Gasteiger partial charge in [0.15, 0.2) is 9.84 Å². The lowest BCUT2D eigenvalue weighted by Gasteiger charge is -2.10. The summed E-state index contributed by atoms with van der Waals surface area (Å²) in [5.41, 5.74) is 0.686. The van der Waals surface area contributed by atoms with Crippen LogP contribution >= 0.6 is 11.6 Å². The fourth-order valence-corrected chi connectivity index (χ4v) is 1.83. The molecule has 1 aromatic carbocycles. The Balaban J connectivity index is 2.67. The van der Waals surface area contributed by atoms with Crippen LogP contribution in [0.25, 0.3) is 0 Å². The number of sulfone groups is 1. The lowest BCUT2D eigenvalue weighted by atomic mass is 10.1. The number of aliphatic hydroxyl groups excluding tert-OH is 1. The van der Waals surface area contributed by atoms with Gasteiger partial charge in [-0.05, 0) is 24.6 Å². The molecular formula is C11H15ClO4S. The van der Waals surface area contributed by atoms with Crippen molar-refractivity contribution in [2.45, 2.75) is 13.0 Å². The quantitative estimate of drug-likeness (QED) is 0.892. The second-order valence-corrected chi connectivity index (χ2v) is 6.51. The van der Waals surface area contributed by atoms with E-state index in [0.29, 0.717) is 16.3 Å². The largest absolute Gasteiger partial charge is 0.491 e. The van der Waals surface area contributed by atoms with E-state index in [2.05, 4.69) is 0 Å². The van der Waals surface area contributed by atoms with Crippen molar-refractivity contribution in [1.82, 2.24) is 0 Å². The highest BCUT2D eigenvalue weighted by molar-refractivity contribution is 7.90. The Labute approximate surface area is 106 Å². The topological polar surface area (TPSA) is 63.6 Å². The number of aliphatic hydroxyl groups is 1. The molecule has 0 radical (unpaired) electrons. The van der Waals surface area contributed by atoms with E-state index in [1.54, 1.807) is 25.1 Å². The molecule has 96 valence electrons. The second kappa shape index (κ2) is 5.71. The van der Waals surface area contributed by atoms with Gasteiger partial charge in [0.05, 0.1) is 16.9 Å². The van der Waals surface area contributed by atoms with Crippen molar-refractivity contribution in [3.8, 4) is 5.75 Å². The Bertz CT molecular complexity index is 482. The molecule has 0 spiro atoms. The maximum atomic E-state index is 10.9. The molecule has 1 N–H and O–H groups in total. The van der Waals surface area contributed by atoms with Crippen LogP contribution in [-0.2, 0) is 9.84 Å². The Morgan fingerprint density at radius 3 is 2.59 bits per heavy atom. The van der Waals surface area contributed by atoms with Crippen LogP contribution in [0.15, 0.2) is 18.2 Å². The Morgan fingerprint density at radius 1 is 1.47 bits per heavy atom. The Morgan fingerprint density at radius 2 is 2.12 bits per heavy atom. The van der Waals surface area contributed by atoms with Crippen LogP contribution < -0.4 is 4.74 Å². The molecule has 6 heteroatoms. The highest BCUT2D eigenvalue weighted by atomic mass is 35.5. The molecule has 0 unspecified atom stereocenters. The van der Waals surface area contributed by atoms with E-state index in [0.717, 1.165) is 6.26 Å². The fourth-order valence-electron chi connectivity index (χ4n) is 1.20. The molecule has 0 amide bonds. The predicted octanol–water partition coefficient (Wildman–Crippen LogP) is 1.82. The standard InChI is InChI=1S/C11H15ClO4S/c1-8(13)9-3-4-11(10(12)7-9)16-5-6-17(2,14)15/h3-4,7-8,13H,5-6H2,1-2H3/t8-/m0/s1. The average molecular weight is 279 g/mol. The summed E-state index contributed by atoms with van der Waals surface area (Å²) in [5, 5.41) is 9.70. The summed E-state index contributed by atoms with van der Waals surface area (Å²) in [6.45, 7) is 1.70. The monoisotopic (exact) mass is 278 g/mol. The molecule has 0 aliphatic carbocycles. The number of benzene rings is 1. The lowest BCUT2D eigenvalue weighted by Crippen LogP contribution is -2.12. The van der Waals surface area contributed by atoms with Crippen molar-refractivity contribution in [1.29, 1.82) is 0 Å². The van der Waals surface area contributed by atoms with Crippen LogP contribution in [0, 0.1) is 0 Å². The van der Waals surface area contributed by atoms with Crippen LogP contribution in [0.2, 0.25) is 5.02 Å². The number of halogens is 1. The first-order valence-corrected chi connectivity index (χ1v) is 7.51. The summed E-state index contributed by atoms with van der Waals surface area (Å²) in [5.74, 6) is 0.362. The number of hydrogen-bond acceptors (Lipinski definition) is 4. The summed E-state index contributed by atoms with van der Waals surface area (Å²) in [7, 11) is -3.04. The van der Waals surface area contributed by atoms with Crippen molar-refractivity contribution in [3.05, 3.63) is 28.8 Å². The van der Waals surface area contributed by atoms with E-state index in [-0.39, 0.29) is 12.4 Å². The predicted molar refractivity (Wildman–Crippen MR) is 67.3 cm³/mol. The van der Waals surface area contributed by atoms with E-state index < -0.39 is 15.9 Å². The van der Waals surface area contributed by atoms with E-state index in [1.165, 1.54) is 0 Å². The lowest BCUT2D eigenvalue weighted by molar-refractivity contribution is 0.199.